The van der Waals surface area contributed by atoms with Gasteiger partial charge in [-0.15, -0.1) is 5.10 Å². The number of nitrogens with zero attached hydrogens (tertiary/aromatic N) is 7. The minimum atomic E-state index is -0.276. The van der Waals surface area contributed by atoms with E-state index in [1.807, 2.05) is 12.1 Å². The zero-order valence-electron chi connectivity index (χ0n) is 14.7. The van der Waals surface area contributed by atoms with Crippen molar-refractivity contribution >= 4 is 17.0 Å². The molecule has 0 bridgehead atoms. The van der Waals surface area contributed by atoms with Crippen LogP contribution in [0.5, 0.6) is 0 Å². The van der Waals surface area contributed by atoms with Gasteiger partial charge in [0.05, 0.1) is 19.3 Å². The second-order valence-corrected chi connectivity index (χ2v) is 6.38. The van der Waals surface area contributed by atoms with Crippen LogP contribution in [0.25, 0.3) is 17.0 Å². The monoisotopic (exact) mass is 376 g/mol. The summed E-state index contributed by atoms with van der Waals surface area (Å²) in [5.41, 5.74) is 1.08. The molecule has 5 heterocycles. The van der Waals surface area contributed by atoms with Crippen molar-refractivity contribution in [2.75, 3.05) is 18.5 Å². The summed E-state index contributed by atoms with van der Waals surface area (Å²) in [4.78, 5) is 25.4. The SMILES string of the molecule is O=c1ccc(-n2cccn2)nn1C1COCC1Nc1ccc2nccnc2n1. The molecule has 2 unspecified atom stereocenters. The van der Waals surface area contributed by atoms with Gasteiger partial charge in [-0.2, -0.15) is 5.10 Å². The van der Waals surface area contributed by atoms with Gasteiger partial charge in [-0.05, 0) is 24.3 Å². The van der Waals surface area contributed by atoms with Gasteiger partial charge in [0.2, 0.25) is 0 Å². The van der Waals surface area contributed by atoms with E-state index < -0.39 is 0 Å². The van der Waals surface area contributed by atoms with Crippen molar-refractivity contribution in [2.24, 2.45) is 0 Å². The zero-order valence-corrected chi connectivity index (χ0v) is 14.7. The Hall–Kier alpha value is -3.66. The van der Waals surface area contributed by atoms with Gasteiger partial charge in [0.15, 0.2) is 11.5 Å². The molecular weight excluding hydrogens is 360 g/mol. The molecule has 0 aromatic carbocycles. The lowest BCUT2D eigenvalue weighted by Gasteiger charge is -2.21. The number of hydrogen-bond donors (Lipinski definition) is 1. The number of ether oxygens (including phenoxy) is 1. The smallest absolute Gasteiger partial charge is 0.267 e. The van der Waals surface area contributed by atoms with E-state index in [0.29, 0.717) is 30.5 Å². The molecule has 0 spiro atoms. The number of pyridine rings is 1. The zero-order chi connectivity index (χ0) is 18.9. The van der Waals surface area contributed by atoms with Gasteiger partial charge in [-0.25, -0.2) is 19.3 Å². The van der Waals surface area contributed by atoms with Crippen LogP contribution in [-0.2, 0) is 4.74 Å². The van der Waals surface area contributed by atoms with Crippen molar-refractivity contribution in [3.8, 4) is 5.82 Å². The summed E-state index contributed by atoms with van der Waals surface area (Å²) >= 11 is 0. The minimum absolute atomic E-state index is 0.167. The highest BCUT2D eigenvalue weighted by Crippen LogP contribution is 2.22. The predicted molar refractivity (Wildman–Crippen MR) is 100 cm³/mol. The summed E-state index contributed by atoms with van der Waals surface area (Å²) in [6, 6.07) is 8.18. The van der Waals surface area contributed by atoms with Crippen molar-refractivity contribution in [2.45, 2.75) is 12.1 Å². The normalized spacial score (nSPS) is 19.1. The Kier molecular flexibility index (Phi) is 4.02. The lowest BCUT2D eigenvalue weighted by molar-refractivity contribution is 0.182. The third-order valence-electron chi connectivity index (χ3n) is 4.58. The molecule has 140 valence electrons. The van der Waals surface area contributed by atoms with Crippen molar-refractivity contribution in [3.05, 3.63) is 65.5 Å². The van der Waals surface area contributed by atoms with Crippen LogP contribution < -0.4 is 10.9 Å². The summed E-state index contributed by atoms with van der Waals surface area (Å²) < 4.78 is 8.68. The van der Waals surface area contributed by atoms with E-state index >= 15 is 0 Å². The maximum Gasteiger partial charge on any atom is 0.267 e. The highest BCUT2D eigenvalue weighted by molar-refractivity contribution is 5.71. The molecule has 1 N–H and O–H groups in total. The van der Waals surface area contributed by atoms with E-state index in [1.54, 1.807) is 41.6 Å². The molecule has 1 aliphatic rings. The Morgan fingerprint density at radius 2 is 2.00 bits per heavy atom. The molecule has 4 aromatic rings. The molecule has 1 aliphatic heterocycles. The largest absolute Gasteiger partial charge is 0.377 e. The molecule has 0 saturated carbocycles. The van der Waals surface area contributed by atoms with E-state index in [1.165, 1.54) is 10.7 Å². The summed E-state index contributed by atoms with van der Waals surface area (Å²) in [6.45, 7) is 0.811. The van der Waals surface area contributed by atoms with E-state index in [4.69, 9.17) is 4.74 Å². The van der Waals surface area contributed by atoms with Crippen molar-refractivity contribution in [1.82, 2.24) is 34.5 Å². The second-order valence-electron chi connectivity index (χ2n) is 6.38. The van der Waals surface area contributed by atoms with Gasteiger partial charge >= 0.3 is 0 Å². The lowest BCUT2D eigenvalue weighted by Crippen LogP contribution is -2.37. The standard InChI is InChI=1S/C18H16N8O2/c27-17-5-4-16(25-9-1-6-21-25)24-26(17)14-11-28-10-13(14)22-15-3-2-12-18(23-15)20-8-7-19-12/h1-9,13-14H,10-11H2,(H,20,22,23). The molecule has 28 heavy (non-hydrogen) atoms. The van der Waals surface area contributed by atoms with Crippen molar-refractivity contribution < 1.29 is 4.74 Å². The Balaban J connectivity index is 1.45. The first-order chi connectivity index (χ1) is 13.8. The van der Waals surface area contributed by atoms with Crippen LogP contribution in [0.15, 0.2) is 59.9 Å². The first kappa shape index (κ1) is 16.5. The quantitative estimate of drug-likeness (QED) is 0.557. The van der Waals surface area contributed by atoms with Crippen LogP contribution in [0.1, 0.15) is 6.04 Å². The molecule has 1 saturated heterocycles. The van der Waals surface area contributed by atoms with E-state index in [-0.39, 0.29) is 17.6 Å². The van der Waals surface area contributed by atoms with Gasteiger partial charge in [0, 0.05) is 30.9 Å². The van der Waals surface area contributed by atoms with Crippen LogP contribution in [0.3, 0.4) is 0 Å². The fraction of sp³-hybridized carbons (Fsp3) is 0.222. The summed E-state index contributed by atoms with van der Waals surface area (Å²) in [5.74, 6) is 1.21. The Labute approximate surface area is 158 Å². The lowest BCUT2D eigenvalue weighted by atomic mass is 10.1. The molecule has 0 radical (unpaired) electrons. The average molecular weight is 376 g/mol. The first-order valence-electron chi connectivity index (χ1n) is 8.80. The van der Waals surface area contributed by atoms with Crippen LogP contribution in [0, 0.1) is 0 Å². The molecule has 10 nitrogen and oxygen atoms in total. The number of rotatable bonds is 4. The topological polar surface area (TPSA) is 113 Å². The third-order valence-corrected chi connectivity index (χ3v) is 4.58. The van der Waals surface area contributed by atoms with E-state index in [9.17, 15) is 4.79 Å². The van der Waals surface area contributed by atoms with Gasteiger partial charge in [-0.1, -0.05) is 0 Å². The maximum atomic E-state index is 12.5. The van der Waals surface area contributed by atoms with Crippen molar-refractivity contribution in [1.29, 1.82) is 0 Å². The molecule has 1 fully saturated rings. The van der Waals surface area contributed by atoms with Gasteiger partial charge < -0.3 is 10.1 Å². The predicted octanol–water partition coefficient (Wildman–Crippen LogP) is 0.819. The molecule has 2 atom stereocenters. The Morgan fingerprint density at radius 3 is 2.89 bits per heavy atom. The fourth-order valence-electron chi connectivity index (χ4n) is 3.23. The fourth-order valence-corrected chi connectivity index (χ4v) is 3.23. The molecule has 0 aliphatic carbocycles. The van der Waals surface area contributed by atoms with Crippen molar-refractivity contribution in [3.63, 3.8) is 0 Å². The van der Waals surface area contributed by atoms with Gasteiger partial charge in [0.25, 0.3) is 5.56 Å². The summed E-state index contributed by atoms with van der Waals surface area (Å²) in [5, 5.41) is 12.0. The number of fused-ring (bicyclic) bond motifs is 1. The van der Waals surface area contributed by atoms with Crippen LogP contribution in [-0.4, -0.2) is 53.8 Å². The number of nitrogens with one attached hydrogen (secondary N) is 1. The highest BCUT2D eigenvalue weighted by Gasteiger charge is 2.32. The Bertz CT molecular complexity index is 1170. The second kappa shape index (κ2) is 6.82. The van der Waals surface area contributed by atoms with E-state index in [0.717, 1.165) is 5.52 Å². The number of anilines is 1. The molecule has 4 aromatic heterocycles. The first-order valence-corrected chi connectivity index (χ1v) is 8.80. The number of hydrogen-bond acceptors (Lipinski definition) is 8. The van der Waals surface area contributed by atoms with Crippen LogP contribution in [0.4, 0.5) is 5.82 Å². The molecule has 10 heteroatoms. The number of aromatic nitrogens is 7. The summed E-state index contributed by atoms with van der Waals surface area (Å²) in [6.07, 6.45) is 6.67. The van der Waals surface area contributed by atoms with Gasteiger partial charge in [-0.3, -0.25) is 9.78 Å². The Morgan fingerprint density at radius 1 is 1.07 bits per heavy atom. The minimum Gasteiger partial charge on any atom is -0.377 e. The average Bonchev–Trinajstić information content (AvgIpc) is 3.41. The summed E-state index contributed by atoms with van der Waals surface area (Å²) in [7, 11) is 0. The van der Waals surface area contributed by atoms with Crippen LogP contribution in [0.2, 0.25) is 0 Å². The molecular formula is C18H16N8O2. The van der Waals surface area contributed by atoms with Gasteiger partial charge in [0.1, 0.15) is 17.4 Å². The van der Waals surface area contributed by atoms with E-state index in [2.05, 4.69) is 30.5 Å². The van der Waals surface area contributed by atoms with Crippen LogP contribution >= 0.6 is 0 Å². The maximum absolute atomic E-state index is 12.5. The molecule has 0 amide bonds. The molecule has 5 rings (SSSR count). The highest BCUT2D eigenvalue weighted by atomic mass is 16.5. The third kappa shape index (κ3) is 2.99.